The van der Waals surface area contributed by atoms with E-state index in [9.17, 15) is 0 Å². The van der Waals surface area contributed by atoms with Gasteiger partial charge in [-0.2, -0.15) is 5.10 Å². The van der Waals surface area contributed by atoms with Gasteiger partial charge in [0.1, 0.15) is 5.52 Å². The third kappa shape index (κ3) is 3.23. The molecule has 3 N–H and O–H groups in total. The highest BCUT2D eigenvalue weighted by Crippen LogP contribution is 2.24. The number of fused-ring (bicyclic) bond motifs is 1. The Morgan fingerprint density at radius 3 is 2.53 bits per heavy atom. The van der Waals surface area contributed by atoms with Crippen LogP contribution in [0.3, 0.4) is 0 Å². The second-order valence-corrected chi connectivity index (χ2v) is 6.73. The minimum Gasteiger partial charge on any atom is -0.366 e. The van der Waals surface area contributed by atoms with Crippen molar-refractivity contribution >= 4 is 11.3 Å². The van der Waals surface area contributed by atoms with Crippen molar-refractivity contribution in [3.63, 3.8) is 0 Å². The number of nitrogens with zero attached hydrogens (tertiary/aromatic N) is 3. The first-order chi connectivity index (χ1) is 8.67. The van der Waals surface area contributed by atoms with E-state index in [0.29, 0.717) is 6.54 Å². The molecule has 2 aromatic rings. The second-order valence-electron chi connectivity index (χ2n) is 6.73. The van der Waals surface area contributed by atoms with Crippen LogP contribution in [-0.4, -0.2) is 26.7 Å². The Labute approximate surface area is 114 Å². The molecular weight excluding hydrogens is 238 g/mol. The normalized spacial score (nSPS) is 12.9. The minimum absolute atomic E-state index is 0.0242. The molecule has 0 aliphatic carbocycles. The molecular formula is C14H23N5. The van der Waals surface area contributed by atoms with Gasteiger partial charge in [0, 0.05) is 29.9 Å². The predicted octanol–water partition coefficient (Wildman–Crippen LogP) is 2.18. The summed E-state index contributed by atoms with van der Waals surface area (Å²) in [6.45, 7) is 11.1. The van der Waals surface area contributed by atoms with Gasteiger partial charge in [-0.1, -0.05) is 20.8 Å². The zero-order valence-electron chi connectivity index (χ0n) is 12.4. The Hall–Kier alpha value is -1.62. The van der Waals surface area contributed by atoms with E-state index in [0.717, 1.165) is 17.0 Å². The molecule has 2 heterocycles. The zero-order chi connectivity index (χ0) is 14.3. The second kappa shape index (κ2) is 4.49. The van der Waals surface area contributed by atoms with Crippen LogP contribution in [-0.2, 0) is 5.41 Å². The fraction of sp³-hybridized carbons (Fsp3) is 0.571. The lowest BCUT2D eigenvalue weighted by atomic mass is 9.92. The van der Waals surface area contributed by atoms with E-state index in [1.165, 1.54) is 0 Å². The molecule has 0 fully saturated rings. The van der Waals surface area contributed by atoms with Crippen molar-refractivity contribution in [1.82, 2.24) is 14.6 Å². The Morgan fingerprint density at radius 2 is 1.95 bits per heavy atom. The van der Waals surface area contributed by atoms with Gasteiger partial charge in [0.2, 0.25) is 0 Å². The van der Waals surface area contributed by atoms with Gasteiger partial charge in [-0.05, 0) is 19.9 Å². The van der Waals surface area contributed by atoms with Crippen LogP contribution >= 0.6 is 0 Å². The Kier molecular flexibility index (Phi) is 3.26. The third-order valence-corrected chi connectivity index (χ3v) is 2.87. The molecule has 0 radical (unpaired) electrons. The molecule has 0 aliphatic heterocycles. The fourth-order valence-corrected chi connectivity index (χ4v) is 1.74. The summed E-state index contributed by atoms with van der Waals surface area (Å²) in [4.78, 5) is 4.38. The van der Waals surface area contributed by atoms with Gasteiger partial charge < -0.3 is 11.1 Å². The molecule has 5 heteroatoms. The third-order valence-electron chi connectivity index (χ3n) is 2.87. The standard InChI is InChI=1S/C14H23N5/c1-13(2,3)11-8-10-12(17-9-14(4,5)15)16-6-7-19(10)18-11/h6-8H,9,15H2,1-5H3,(H,16,17). The first-order valence-electron chi connectivity index (χ1n) is 6.54. The Morgan fingerprint density at radius 1 is 1.26 bits per heavy atom. The van der Waals surface area contributed by atoms with Gasteiger partial charge in [0.15, 0.2) is 5.82 Å². The molecule has 0 bridgehead atoms. The van der Waals surface area contributed by atoms with Gasteiger partial charge in [0.25, 0.3) is 0 Å². The van der Waals surface area contributed by atoms with Gasteiger partial charge in [-0.15, -0.1) is 0 Å². The molecule has 0 amide bonds. The summed E-state index contributed by atoms with van der Waals surface area (Å²) < 4.78 is 1.86. The van der Waals surface area contributed by atoms with E-state index in [1.807, 2.05) is 24.6 Å². The number of aromatic nitrogens is 3. The van der Waals surface area contributed by atoms with Crippen molar-refractivity contribution in [3.8, 4) is 0 Å². The van der Waals surface area contributed by atoms with Gasteiger partial charge in [0.05, 0.1) is 5.69 Å². The molecule has 2 rings (SSSR count). The van der Waals surface area contributed by atoms with Crippen molar-refractivity contribution in [2.75, 3.05) is 11.9 Å². The van der Waals surface area contributed by atoms with Gasteiger partial charge in [-0.25, -0.2) is 9.50 Å². The first kappa shape index (κ1) is 13.8. The highest BCUT2D eigenvalue weighted by molar-refractivity contribution is 5.68. The van der Waals surface area contributed by atoms with Crippen molar-refractivity contribution in [3.05, 3.63) is 24.2 Å². The van der Waals surface area contributed by atoms with Crippen LogP contribution in [0.4, 0.5) is 5.82 Å². The zero-order valence-corrected chi connectivity index (χ0v) is 12.4. The van der Waals surface area contributed by atoms with Crippen LogP contribution in [0.15, 0.2) is 18.5 Å². The molecule has 5 nitrogen and oxygen atoms in total. The van der Waals surface area contributed by atoms with Gasteiger partial charge in [-0.3, -0.25) is 0 Å². The number of nitrogens with one attached hydrogen (secondary N) is 1. The average molecular weight is 261 g/mol. The van der Waals surface area contributed by atoms with Crippen LogP contribution in [0.25, 0.3) is 5.52 Å². The van der Waals surface area contributed by atoms with Crippen LogP contribution in [0, 0.1) is 0 Å². The molecule has 0 aromatic carbocycles. The molecule has 0 saturated heterocycles. The van der Waals surface area contributed by atoms with E-state index >= 15 is 0 Å². The SMILES string of the molecule is CC(C)(N)CNc1nccn2nc(C(C)(C)C)cc12. The maximum absolute atomic E-state index is 5.99. The fourth-order valence-electron chi connectivity index (χ4n) is 1.74. The first-order valence-corrected chi connectivity index (χ1v) is 6.54. The number of hydrogen-bond acceptors (Lipinski definition) is 4. The highest BCUT2D eigenvalue weighted by atomic mass is 15.2. The lowest BCUT2D eigenvalue weighted by Crippen LogP contribution is -2.39. The monoisotopic (exact) mass is 261 g/mol. The molecule has 0 aliphatic rings. The summed E-state index contributed by atoms with van der Waals surface area (Å²) in [6.07, 6.45) is 3.61. The highest BCUT2D eigenvalue weighted by Gasteiger charge is 2.19. The average Bonchev–Trinajstić information content (AvgIpc) is 2.68. The van der Waals surface area contributed by atoms with E-state index in [2.05, 4.69) is 42.2 Å². The molecule has 0 spiro atoms. The quantitative estimate of drug-likeness (QED) is 0.888. The van der Waals surface area contributed by atoms with Crippen molar-refractivity contribution in [1.29, 1.82) is 0 Å². The maximum Gasteiger partial charge on any atom is 0.152 e. The summed E-state index contributed by atoms with van der Waals surface area (Å²) in [6, 6.07) is 2.08. The summed E-state index contributed by atoms with van der Waals surface area (Å²) in [5, 5.41) is 7.89. The van der Waals surface area contributed by atoms with Crippen molar-refractivity contribution < 1.29 is 0 Å². The summed E-state index contributed by atoms with van der Waals surface area (Å²) in [5.74, 6) is 0.823. The molecule has 0 unspecified atom stereocenters. The maximum atomic E-state index is 5.99. The molecule has 0 atom stereocenters. The number of rotatable bonds is 3. The lowest BCUT2D eigenvalue weighted by Gasteiger charge is -2.19. The van der Waals surface area contributed by atoms with E-state index in [1.54, 1.807) is 6.20 Å². The van der Waals surface area contributed by atoms with Crippen LogP contribution in [0.2, 0.25) is 0 Å². The van der Waals surface area contributed by atoms with Crippen LogP contribution < -0.4 is 11.1 Å². The number of hydrogen-bond donors (Lipinski definition) is 2. The summed E-state index contributed by atoms with van der Waals surface area (Å²) in [7, 11) is 0. The number of nitrogens with two attached hydrogens (primary N) is 1. The van der Waals surface area contributed by atoms with E-state index < -0.39 is 0 Å². The smallest absolute Gasteiger partial charge is 0.152 e. The Balaban J connectivity index is 2.37. The van der Waals surface area contributed by atoms with E-state index in [4.69, 9.17) is 5.73 Å². The number of anilines is 1. The topological polar surface area (TPSA) is 68.2 Å². The van der Waals surface area contributed by atoms with Crippen molar-refractivity contribution in [2.24, 2.45) is 5.73 Å². The molecule has 0 saturated carbocycles. The van der Waals surface area contributed by atoms with Crippen LogP contribution in [0.1, 0.15) is 40.3 Å². The summed E-state index contributed by atoms with van der Waals surface area (Å²) in [5.41, 5.74) is 7.77. The van der Waals surface area contributed by atoms with Gasteiger partial charge >= 0.3 is 0 Å². The summed E-state index contributed by atoms with van der Waals surface area (Å²) >= 11 is 0. The lowest BCUT2D eigenvalue weighted by molar-refractivity contribution is 0.548. The van der Waals surface area contributed by atoms with Crippen LogP contribution in [0.5, 0.6) is 0 Å². The largest absolute Gasteiger partial charge is 0.366 e. The molecule has 19 heavy (non-hydrogen) atoms. The molecule has 104 valence electrons. The van der Waals surface area contributed by atoms with Crippen molar-refractivity contribution in [2.45, 2.75) is 45.6 Å². The van der Waals surface area contributed by atoms with E-state index in [-0.39, 0.29) is 11.0 Å². The predicted molar refractivity (Wildman–Crippen MR) is 78.4 cm³/mol. The minimum atomic E-state index is -0.276. The molecule has 2 aromatic heterocycles. The Bertz CT molecular complexity index is 572.